The second kappa shape index (κ2) is 7.68. The predicted molar refractivity (Wildman–Crippen MR) is 100 cm³/mol. The lowest BCUT2D eigenvalue weighted by Crippen LogP contribution is -2.16. The van der Waals surface area contributed by atoms with Crippen LogP contribution in [0.3, 0.4) is 0 Å². The summed E-state index contributed by atoms with van der Waals surface area (Å²) in [5, 5.41) is 0. The Morgan fingerprint density at radius 3 is 2.25 bits per heavy atom. The smallest absolute Gasteiger partial charge is 0.339 e. The number of carbonyl (C=O) groups excluding carboxylic acids is 1. The van der Waals surface area contributed by atoms with Gasteiger partial charge in [0.25, 0.3) is 0 Å². The molecule has 0 aliphatic carbocycles. The zero-order chi connectivity index (χ0) is 17.6. The van der Waals surface area contributed by atoms with Crippen LogP contribution in [0.2, 0.25) is 19.6 Å². The van der Waals surface area contributed by atoms with E-state index in [0.717, 1.165) is 11.1 Å². The van der Waals surface area contributed by atoms with Gasteiger partial charge in [-0.1, -0.05) is 55.6 Å². The fraction of sp³-hybridized carbons (Fsp3) is 0.190. The SMILES string of the molecule is COC(=O)c1cc(C#C[Si](C)(C)C)ccc1C#Cc1ccccc1. The number of rotatable bonds is 1. The van der Waals surface area contributed by atoms with Crippen LogP contribution in [0.15, 0.2) is 48.5 Å². The van der Waals surface area contributed by atoms with Crippen LogP contribution in [-0.4, -0.2) is 21.2 Å². The minimum absolute atomic E-state index is 0.399. The third kappa shape index (κ3) is 5.16. The first-order valence-electron chi connectivity index (χ1n) is 7.72. The van der Waals surface area contributed by atoms with E-state index in [1.54, 1.807) is 6.07 Å². The van der Waals surface area contributed by atoms with Crippen molar-refractivity contribution < 1.29 is 9.53 Å². The number of hydrogen-bond acceptors (Lipinski definition) is 2. The number of hydrogen-bond donors (Lipinski definition) is 0. The van der Waals surface area contributed by atoms with Crippen molar-refractivity contribution in [3.8, 4) is 23.3 Å². The van der Waals surface area contributed by atoms with E-state index < -0.39 is 14.0 Å². The molecule has 2 aromatic carbocycles. The molecule has 0 aliphatic heterocycles. The summed E-state index contributed by atoms with van der Waals surface area (Å²) in [6, 6.07) is 15.1. The average molecular weight is 332 g/mol. The molecule has 24 heavy (non-hydrogen) atoms. The molecule has 0 N–H and O–H groups in total. The maximum atomic E-state index is 12.1. The summed E-state index contributed by atoms with van der Waals surface area (Å²) < 4.78 is 4.88. The molecule has 120 valence electrons. The van der Waals surface area contributed by atoms with E-state index in [0.29, 0.717) is 11.1 Å². The van der Waals surface area contributed by atoms with Crippen LogP contribution in [0.25, 0.3) is 0 Å². The number of benzene rings is 2. The highest BCUT2D eigenvalue weighted by Crippen LogP contribution is 2.13. The average Bonchev–Trinajstić information content (AvgIpc) is 2.58. The molecule has 0 fully saturated rings. The van der Waals surface area contributed by atoms with E-state index in [9.17, 15) is 4.79 Å². The molecule has 0 aliphatic rings. The van der Waals surface area contributed by atoms with Gasteiger partial charge in [0.1, 0.15) is 8.07 Å². The number of esters is 1. The molecule has 3 heteroatoms. The van der Waals surface area contributed by atoms with Crippen molar-refractivity contribution >= 4 is 14.0 Å². The molecule has 0 saturated heterocycles. The van der Waals surface area contributed by atoms with Gasteiger partial charge in [0.05, 0.1) is 12.7 Å². The molecule has 0 aromatic heterocycles. The van der Waals surface area contributed by atoms with E-state index in [1.807, 2.05) is 42.5 Å². The lowest BCUT2D eigenvalue weighted by atomic mass is 10.0. The molecule has 0 amide bonds. The van der Waals surface area contributed by atoms with Gasteiger partial charge in [0.15, 0.2) is 0 Å². The van der Waals surface area contributed by atoms with Gasteiger partial charge < -0.3 is 4.74 Å². The Morgan fingerprint density at radius 2 is 1.62 bits per heavy atom. The summed E-state index contributed by atoms with van der Waals surface area (Å²) in [7, 11) is -0.0989. The van der Waals surface area contributed by atoms with Crippen LogP contribution >= 0.6 is 0 Å². The van der Waals surface area contributed by atoms with Crippen LogP contribution in [-0.2, 0) is 4.74 Å². The molecule has 0 atom stereocenters. The van der Waals surface area contributed by atoms with Gasteiger partial charge in [0.2, 0.25) is 0 Å². The maximum Gasteiger partial charge on any atom is 0.339 e. The van der Waals surface area contributed by atoms with Crippen LogP contribution in [0, 0.1) is 23.3 Å². The molecule has 0 spiro atoms. The van der Waals surface area contributed by atoms with E-state index >= 15 is 0 Å². The molecule has 2 rings (SSSR count). The zero-order valence-corrected chi connectivity index (χ0v) is 15.4. The van der Waals surface area contributed by atoms with Crippen LogP contribution in [0.1, 0.15) is 27.0 Å². The van der Waals surface area contributed by atoms with E-state index in [-0.39, 0.29) is 0 Å². The molecule has 2 nitrogen and oxygen atoms in total. The largest absolute Gasteiger partial charge is 0.465 e. The van der Waals surface area contributed by atoms with Gasteiger partial charge in [-0.05, 0) is 30.3 Å². The summed E-state index contributed by atoms with van der Waals surface area (Å²) >= 11 is 0. The maximum absolute atomic E-state index is 12.1. The molecular weight excluding hydrogens is 312 g/mol. The highest BCUT2D eigenvalue weighted by atomic mass is 28.3. The van der Waals surface area contributed by atoms with E-state index in [4.69, 9.17) is 4.74 Å². The first-order valence-corrected chi connectivity index (χ1v) is 11.2. The first-order chi connectivity index (χ1) is 11.4. The highest BCUT2D eigenvalue weighted by Gasteiger charge is 2.12. The summed E-state index contributed by atoms with van der Waals surface area (Å²) in [4.78, 5) is 12.1. The molecule has 0 heterocycles. The van der Waals surface area contributed by atoms with Crippen molar-refractivity contribution in [2.45, 2.75) is 19.6 Å². The minimum Gasteiger partial charge on any atom is -0.465 e. The zero-order valence-electron chi connectivity index (χ0n) is 14.4. The third-order valence-electron chi connectivity index (χ3n) is 3.12. The molecule has 0 unspecified atom stereocenters. The monoisotopic (exact) mass is 332 g/mol. The topological polar surface area (TPSA) is 26.3 Å². The van der Waals surface area contributed by atoms with Gasteiger partial charge in [-0.3, -0.25) is 0 Å². The van der Waals surface area contributed by atoms with Crippen molar-refractivity contribution in [2.24, 2.45) is 0 Å². The molecule has 0 saturated carbocycles. The molecule has 0 bridgehead atoms. The quantitative estimate of drug-likeness (QED) is 0.446. The van der Waals surface area contributed by atoms with Gasteiger partial charge in [-0.15, -0.1) is 5.54 Å². The predicted octanol–water partition coefficient (Wildman–Crippen LogP) is 4.10. The standard InChI is InChI=1S/C21H20O2Si/c1-23-21(22)20-16-18(14-15-24(2,3)4)11-13-19(20)12-10-17-8-6-5-7-9-17/h5-9,11,13,16H,1-4H3. The Balaban J connectivity index is 2.43. The van der Waals surface area contributed by atoms with Crippen molar-refractivity contribution in [3.05, 3.63) is 70.8 Å². The third-order valence-corrected chi connectivity index (χ3v) is 4.00. The Labute approximate surface area is 144 Å². The summed E-state index contributed by atoms with van der Waals surface area (Å²) in [6.07, 6.45) is 0. The summed E-state index contributed by atoms with van der Waals surface area (Å²) in [5.41, 5.74) is 6.10. The van der Waals surface area contributed by atoms with Gasteiger partial charge in [-0.25, -0.2) is 4.79 Å². The summed E-state index contributed by atoms with van der Waals surface area (Å²) in [5.74, 6) is 8.88. The Morgan fingerprint density at radius 1 is 0.917 bits per heavy atom. The number of methoxy groups -OCH3 is 1. The molecule has 2 aromatic rings. The highest BCUT2D eigenvalue weighted by molar-refractivity contribution is 6.83. The van der Waals surface area contributed by atoms with Crippen molar-refractivity contribution in [1.29, 1.82) is 0 Å². The number of carbonyl (C=O) groups is 1. The summed E-state index contributed by atoms with van der Waals surface area (Å²) in [6.45, 7) is 6.54. The van der Waals surface area contributed by atoms with Crippen LogP contribution in [0.4, 0.5) is 0 Å². The Kier molecular flexibility index (Phi) is 5.63. The number of ether oxygens (including phenoxy) is 1. The van der Waals surface area contributed by atoms with Crippen molar-refractivity contribution in [1.82, 2.24) is 0 Å². The molecule has 0 radical (unpaired) electrons. The first kappa shape index (κ1) is 17.6. The van der Waals surface area contributed by atoms with Crippen molar-refractivity contribution in [3.63, 3.8) is 0 Å². The minimum atomic E-state index is -1.47. The fourth-order valence-corrected chi connectivity index (χ4v) is 2.45. The Bertz CT molecular complexity index is 854. The lowest BCUT2D eigenvalue weighted by molar-refractivity contribution is 0.0600. The van der Waals surface area contributed by atoms with Crippen molar-refractivity contribution in [2.75, 3.05) is 7.11 Å². The fourth-order valence-electron chi connectivity index (χ4n) is 1.93. The van der Waals surface area contributed by atoms with Crippen LogP contribution in [0.5, 0.6) is 0 Å². The van der Waals surface area contributed by atoms with Crippen LogP contribution < -0.4 is 0 Å². The van der Waals surface area contributed by atoms with Gasteiger partial charge in [-0.2, -0.15) is 0 Å². The normalized spacial score (nSPS) is 10.0. The van der Waals surface area contributed by atoms with E-state index in [2.05, 4.69) is 42.9 Å². The Hall–Kier alpha value is -2.75. The second-order valence-corrected chi connectivity index (χ2v) is 11.1. The molecular formula is C21H20O2Si. The van der Waals surface area contributed by atoms with Gasteiger partial charge >= 0.3 is 5.97 Å². The van der Waals surface area contributed by atoms with E-state index in [1.165, 1.54) is 7.11 Å². The lowest BCUT2D eigenvalue weighted by Gasteiger charge is -2.05. The second-order valence-electron chi connectivity index (χ2n) is 6.37. The van der Waals surface area contributed by atoms with Gasteiger partial charge in [0, 0.05) is 16.7 Å².